The number of aromatic nitrogens is 1. The fourth-order valence-electron chi connectivity index (χ4n) is 3.29. The zero-order valence-electron chi connectivity index (χ0n) is 18.9. The van der Waals surface area contributed by atoms with Crippen LogP contribution in [0.3, 0.4) is 0 Å². The van der Waals surface area contributed by atoms with Gasteiger partial charge in [0.15, 0.2) is 0 Å². The molecule has 1 aromatic heterocycles. The van der Waals surface area contributed by atoms with Crippen LogP contribution in [0.1, 0.15) is 29.7 Å². The molecule has 35 heavy (non-hydrogen) atoms. The number of nitrogens with zero attached hydrogens (tertiary/aromatic N) is 2. The maximum absolute atomic E-state index is 13.3. The van der Waals surface area contributed by atoms with Gasteiger partial charge in [0, 0.05) is 18.6 Å². The summed E-state index contributed by atoms with van der Waals surface area (Å²) in [5, 5.41) is 8.18. The number of rotatable bonds is 9. The smallest absolute Gasteiger partial charge is 0.404 e. The predicted octanol–water partition coefficient (Wildman–Crippen LogP) is 3.47. The minimum atomic E-state index is -4.50. The third kappa shape index (κ3) is 6.25. The number of aliphatic imine (C=N–C) groups is 1. The van der Waals surface area contributed by atoms with Crippen LogP contribution in [0.2, 0.25) is 0 Å². The van der Waals surface area contributed by atoms with Crippen molar-refractivity contribution in [2.24, 2.45) is 10.7 Å². The number of aryl methyl sites for hydroxylation is 1. The SMILES string of the molecule is C=CN=C/C(=C\N)C(=O)NC1(C(=O)NCc2ccc(Nc3c(C)cccc3C(F)(F)F)cn2)CC1. The molecule has 2 amide bonds. The standard InChI is InChI=1S/C24H25F3N6O2/c1-3-29-12-16(11-28)21(34)33-23(9-10-23)22(35)31-13-17-7-8-18(14-30-17)32-20-15(2)5-4-6-19(20)24(25,26)27/h3-8,11-12,14,32H,1,9-10,13,28H2,2H3,(H,31,35)(H,33,34)/b16-11+,29-12?. The minimum absolute atomic E-state index is 0.0432. The molecule has 1 aliphatic carbocycles. The summed E-state index contributed by atoms with van der Waals surface area (Å²) < 4.78 is 40.0. The quantitative estimate of drug-likeness (QED) is 0.319. The first-order chi connectivity index (χ1) is 16.6. The number of benzene rings is 1. The van der Waals surface area contributed by atoms with Crippen LogP contribution in [0.25, 0.3) is 0 Å². The molecule has 0 bridgehead atoms. The number of carbonyl (C=O) groups excluding carboxylic acids is 2. The van der Waals surface area contributed by atoms with Crippen LogP contribution < -0.4 is 21.7 Å². The van der Waals surface area contributed by atoms with E-state index in [9.17, 15) is 22.8 Å². The summed E-state index contributed by atoms with van der Waals surface area (Å²) in [6.07, 6.45) is 1.40. The van der Waals surface area contributed by atoms with Crippen molar-refractivity contribution in [2.75, 3.05) is 5.32 Å². The summed E-state index contributed by atoms with van der Waals surface area (Å²) in [4.78, 5) is 33.0. The number of amides is 2. The summed E-state index contributed by atoms with van der Waals surface area (Å²) in [5.41, 5.74) is 4.99. The van der Waals surface area contributed by atoms with E-state index in [0.29, 0.717) is 29.8 Å². The van der Waals surface area contributed by atoms with Gasteiger partial charge in [0.05, 0.1) is 40.9 Å². The fourth-order valence-corrected chi connectivity index (χ4v) is 3.29. The Hall–Kier alpha value is -4.15. The molecular weight excluding hydrogens is 461 g/mol. The Bertz CT molecular complexity index is 1170. The number of para-hydroxylation sites is 1. The van der Waals surface area contributed by atoms with Gasteiger partial charge in [-0.3, -0.25) is 19.6 Å². The topological polar surface area (TPSA) is 121 Å². The lowest BCUT2D eigenvalue weighted by molar-refractivity contribution is -0.137. The molecule has 0 unspecified atom stereocenters. The van der Waals surface area contributed by atoms with E-state index in [1.54, 1.807) is 25.1 Å². The van der Waals surface area contributed by atoms with Gasteiger partial charge in [-0.15, -0.1) is 0 Å². The second-order valence-corrected chi connectivity index (χ2v) is 7.96. The summed E-state index contributed by atoms with van der Waals surface area (Å²) in [7, 11) is 0. The molecule has 0 saturated heterocycles. The van der Waals surface area contributed by atoms with Crippen molar-refractivity contribution in [3.63, 3.8) is 0 Å². The summed E-state index contributed by atoms with van der Waals surface area (Å²) in [6.45, 7) is 5.08. The van der Waals surface area contributed by atoms with Crippen molar-refractivity contribution in [1.29, 1.82) is 0 Å². The molecule has 2 aromatic rings. The molecule has 3 rings (SSSR count). The van der Waals surface area contributed by atoms with Gasteiger partial charge in [-0.05, 0) is 43.5 Å². The molecule has 1 aromatic carbocycles. The average Bonchev–Trinajstić information content (AvgIpc) is 3.60. The Morgan fingerprint density at radius 3 is 2.57 bits per heavy atom. The number of anilines is 2. The summed E-state index contributed by atoms with van der Waals surface area (Å²) in [6, 6.07) is 7.11. The van der Waals surface area contributed by atoms with Crippen molar-refractivity contribution >= 4 is 29.4 Å². The molecule has 0 aliphatic heterocycles. The second-order valence-electron chi connectivity index (χ2n) is 7.96. The van der Waals surface area contributed by atoms with Crippen LogP contribution in [-0.4, -0.2) is 28.6 Å². The molecule has 184 valence electrons. The van der Waals surface area contributed by atoms with Gasteiger partial charge >= 0.3 is 6.18 Å². The first-order valence-electron chi connectivity index (χ1n) is 10.6. The van der Waals surface area contributed by atoms with Gasteiger partial charge in [-0.2, -0.15) is 13.2 Å². The normalized spacial score (nSPS) is 14.9. The van der Waals surface area contributed by atoms with Gasteiger partial charge in [-0.1, -0.05) is 18.7 Å². The predicted molar refractivity (Wildman–Crippen MR) is 127 cm³/mol. The van der Waals surface area contributed by atoms with Crippen LogP contribution in [0.5, 0.6) is 0 Å². The van der Waals surface area contributed by atoms with E-state index in [1.807, 2.05) is 0 Å². The van der Waals surface area contributed by atoms with Crippen molar-refractivity contribution in [3.8, 4) is 0 Å². The fraction of sp³-hybridized carbons (Fsp3) is 0.250. The Morgan fingerprint density at radius 2 is 2.00 bits per heavy atom. The van der Waals surface area contributed by atoms with Gasteiger partial charge in [-0.25, -0.2) is 0 Å². The summed E-state index contributed by atoms with van der Waals surface area (Å²) >= 11 is 0. The highest BCUT2D eigenvalue weighted by molar-refractivity contribution is 6.13. The zero-order valence-corrected chi connectivity index (χ0v) is 18.9. The van der Waals surface area contributed by atoms with Crippen molar-refractivity contribution in [3.05, 3.63) is 77.9 Å². The molecule has 8 nitrogen and oxygen atoms in total. The van der Waals surface area contributed by atoms with E-state index in [0.717, 1.165) is 12.3 Å². The number of nitrogens with one attached hydrogen (secondary N) is 3. The molecule has 0 radical (unpaired) electrons. The highest BCUT2D eigenvalue weighted by atomic mass is 19.4. The first kappa shape index (κ1) is 25.5. The van der Waals surface area contributed by atoms with Gasteiger partial charge in [0.2, 0.25) is 5.91 Å². The Morgan fingerprint density at radius 1 is 1.26 bits per heavy atom. The minimum Gasteiger partial charge on any atom is -0.404 e. The van der Waals surface area contributed by atoms with E-state index in [-0.39, 0.29) is 23.7 Å². The maximum atomic E-state index is 13.3. The third-order valence-electron chi connectivity index (χ3n) is 5.40. The number of pyridine rings is 1. The number of halogens is 3. The van der Waals surface area contributed by atoms with E-state index in [2.05, 4.69) is 32.5 Å². The van der Waals surface area contributed by atoms with Crippen molar-refractivity contribution in [1.82, 2.24) is 15.6 Å². The lowest BCUT2D eigenvalue weighted by atomic mass is 10.1. The first-order valence-corrected chi connectivity index (χ1v) is 10.6. The van der Waals surface area contributed by atoms with E-state index in [4.69, 9.17) is 5.73 Å². The van der Waals surface area contributed by atoms with Crippen LogP contribution >= 0.6 is 0 Å². The lowest BCUT2D eigenvalue weighted by Crippen LogP contribution is -2.49. The van der Waals surface area contributed by atoms with Gasteiger partial charge in [0.25, 0.3) is 5.91 Å². The molecule has 0 spiro atoms. The largest absolute Gasteiger partial charge is 0.418 e. The van der Waals surface area contributed by atoms with E-state index in [1.165, 1.54) is 24.7 Å². The van der Waals surface area contributed by atoms with Crippen LogP contribution in [-0.2, 0) is 22.3 Å². The molecule has 5 N–H and O–H groups in total. The molecule has 1 heterocycles. The highest BCUT2D eigenvalue weighted by Gasteiger charge is 2.51. The number of alkyl halides is 3. The van der Waals surface area contributed by atoms with Gasteiger partial charge < -0.3 is 21.7 Å². The summed E-state index contributed by atoms with van der Waals surface area (Å²) in [5.74, 6) is -0.907. The molecule has 1 fully saturated rings. The van der Waals surface area contributed by atoms with E-state index >= 15 is 0 Å². The van der Waals surface area contributed by atoms with Crippen LogP contribution in [0, 0.1) is 6.92 Å². The van der Waals surface area contributed by atoms with E-state index < -0.39 is 23.2 Å². The molecule has 1 saturated carbocycles. The van der Waals surface area contributed by atoms with Crippen LogP contribution in [0.15, 0.2) is 66.1 Å². The number of nitrogens with two attached hydrogens (primary N) is 1. The second kappa shape index (κ2) is 10.4. The zero-order chi connectivity index (χ0) is 25.6. The Labute approximate surface area is 200 Å². The monoisotopic (exact) mass is 486 g/mol. The molecule has 0 atom stereocenters. The maximum Gasteiger partial charge on any atom is 0.418 e. The highest BCUT2D eigenvalue weighted by Crippen LogP contribution is 2.38. The number of hydrogen-bond donors (Lipinski definition) is 4. The molecular formula is C24H25F3N6O2. The van der Waals surface area contributed by atoms with Crippen molar-refractivity contribution < 1.29 is 22.8 Å². The Balaban J connectivity index is 1.61. The average molecular weight is 486 g/mol. The van der Waals surface area contributed by atoms with Crippen molar-refractivity contribution in [2.45, 2.75) is 38.0 Å². The number of hydrogen-bond acceptors (Lipinski definition) is 6. The third-order valence-corrected chi connectivity index (χ3v) is 5.40. The van der Waals surface area contributed by atoms with Gasteiger partial charge in [0.1, 0.15) is 5.54 Å². The molecule has 1 aliphatic rings. The number of carbonyl (C=O) groups is 2. The Kier molecular flexibility index (Phi) is 7.58. The lowest BCUT2D eigenvalue weighted by Gasteiger charge is -2.18. The van der Waals surface area contributed by atoms with Crippen LogP contribution in [0.4, 0.5) is 24.5 Å². The molecule has 11 heteroatoms.